The summed E-state index contributed by atoms with van der Waals surface area (Å²) < 4.78 is 8.11. The third kappa shape index (κ3) is 2.69. The number of hydrogen-bond donors (Lipinski definition) is 1. The lowest BCUT2D eigenvalue weighted by Gasteiger charge is -2.21. The van der Waals surface area contributed by atoms with Crippen molar-refractivity contribution < 1.29 is 4.74 Å². The monoisotopic (exact) mass is 237 g/mol. The number of aromatic nitrogens is 2. The van der Waals surface area contributed by atoms with Gasteiger partial charge in [-0.15, -0.1) is 0 Å². The largest absolute Gasteiger partial charge is 0.372 e. The molecule has 1 fully saturated rings. The van der Waals surface area contributed by atoms with Gasteiger partial charge in [0.2, 0.25) is 0 Å². The van der Waals surface area contributed by atoms with Gasteiger partial charge < -0.3 is 14.6 Å². The Bertz CT molecular complexity index is 348. The van der Waals surface area contributed by atoms with Crippen molar-refractivity contribution in [2.45, 2.75) is 39.3 Å². The first kappa shape index (κ1) is 12.6. The molecule has 17 heavy (non-hydrogen) atoms. The lowest BCUT2D eigenvalue weighted by molar-refractivity contribution is 0.0832. The van der Waals surface area contributed by atoms with Crippen LogP contribution in [0.4, 0.5) is 0 Å². The van der Waals surface area contributed by atoms with Crippen LogP contribution in [-0.4, -0.2) is 29.2 Å². The van der Waals surface area contributed by atoms with Gasteiger partial charge in [0.25, 0.3) is 0 Å². The smallest absolute Gasteiger partial charge is 0.103 e. The van der Waals surface area contributed by atoms with Gasteiger partial charge in [-0.05, 0) is 26.8 Å². The highest BCUT2D eigenvalue weighted by molar-refractivity contribution is 5.07. The van der Waals surface area contributed by atoms with E-state index in [0.29, 0.717) is 12.0 Å². The summed E-state index contributed by atoms with van der Waals surface area (Å²) in [6, 6.07) is 0.441. The first-order valence-electron chi connectivity index (χ1n) is 6.58. The van der Waals surface area contributed by atoms with E-state index in [1.807, 2.05) is 12.5 Å². The molecule has 1 aromatic heterocycles. The first-order valence-corrected chi connectivity index (χ1v) is 6.58. The van der Waals surface area contributed by atoms with E-state index in [2.05, 4.69) is 35.6 Å². The molecule has 2 atom stereocenters. The predicted molar refractivity (Wildman–Crippen MR) is 68.0 cm³/mol. The molecule has 96 valence electrons. The first-order chi connectivity index (χ1) is 8.24. The average molecular weight is 237 g/mol. The maximum Gasteiger partial charge on any atom is 0.103 e. The van der Waals surface area contributed by atoms with Gasteiger partial charge in [0.1, 0.15) is 6.10 Å². The van der Waals surface area contributed by atoms with Crippen LogP contribution in [0, 0.1) is 5.92 Å². The summed E-state index contributed by atoms with van der Waals surface area (Å²) in [5.74, 6) is 0.573. The van der Waals surface area contributed by atoms with Crippen molar-refractivity contribution >= 4 is 0 Å². The Labute approximate surface area is 103 Å². The minimum atomic E-state index is 0.207. The van der Waals surface area contributed by atoms with Gasteiger partial charge in [-0.2, -0.15) is 0 Å². The molecule has 0 amide bonds. The molecule has 1 aliphatic rings. The highest BCUT2D eigenvalue weighted by Gasteiger charge is 2.31. The Balaban J connectivity index is 2.11. The summed E-state index contributed by atoms with van der Waals surface area (Å²) in [6.45, 7) is 9.42. The van der Waals surface area contributed by atoms with Gasteiger partial charge in [0.05, 0.1) is 18.2 Å². The summed E-state index contributed by atoms with van der Waals surface area (Å²) >= 11 is 0. The van der Waals surface area contributed by atoms with Crippen molar-refractivity contribution in [2.75, 3.05) is 19.7 Å². The highest BCUT2D eigenvalue weighted by atomic mass is 16.5. The van der Waals surface area contributed by atoms with Crippen LogP contribution in [-0.2, 0) is 4.74 Å². The lowest BCUT2D eigenvalue weighted by Crippen LogP contribution is -2.25. The Hall–Kier alpha value is -0.870. The SMILES string of the molecule is CCNCC1CCOC1c1cncn1C(C)C. The number of nitrogens with zero attached hydrogens (tertiary/aromatic N) is 2. The molecule has 0 bridgehead atoms. The third-order valence-electron chi connectivity index (χ3n) is 3.41. The van der Waals surface area contributed by atoms with Crippen LogP contribution < -0.4 is 5.32 Å². The number of nitrogens with one attached hydrogen (secondary N) is 1. The van der Waals surface area contributed by atoms with E-state index in [-0.39, 0.29) is 6.10 Å². The maximum absolute atomic E-state index is 5.90. The second kappa shape index (κ2) is 5.65. The van der Waals surface area contributed by atoms with Gasteiger partial charge in [-0.1, -0.05) is 6.92 Å². The zero-order valence-corrected chi connectivity index (χ0v) is 11.0. The standard InChI is InChI=1S/C13H23N3O/c1-4-14-7-11-5-6-17-13(11)12-8-15-9-16(12)10(2)3/h8-11,13-14H,4-7H2,1-3H3. The molecule has 2 unspecified atom stereocenters. The van der Waals surface area contributed by atoms with Crippen LogP contribution >= 0.6 is 0 Å². The van der Waals surface area contributed by atoms with Crippen molar-refractivity contribution in [2.24, 2.45) is 5.92 Å². The van der Waals surface area contributed by atoms with Crippen LogP contribution in [0.25, 0.3) is 0 Å². The zero-order valence-electron chi connectivity index (χ0n) is 11.0. The van der Waals surface area contributed by atoms with Gasteiger partial charge >= 0.3 is 0 Å². The summed E-state index contributed by atoms with van der Waals surface area (Å²) in [5, 5.41) is 3.42. The van der Waals surface area contributed by atoms with Crippen LogP contribution in [0.1, 0.15) is 45.0 Å². The number of imidazole rings is 1. The Morgan fingerprint density at radius 2 is 2.41 bits per heavy atom. The number of ether oxygens (including phenoxy) is 1. The molecule has 1 aliphatic heterocycles. The zero-order chi connectivity index (χ0) is 12.3. The molecule has 2 heterocycles. The fraction of sp³-hybridized carbons (Fsp3) is 0.769. The van der Waals surface area contributed by atoms with Crippen molar-refractivity contribution in [3.63, 3.8) is 0 Å². The molecule has 2 rings (SSSR count). The molecule has 4 nitrogen and oxygen atoms in total. The molecule has 0 spiro atoms. The van der Waals surface area contributed by atoms with E-state index in [9.17, 15) is 0 Å². The van der Waals surface area contributed by atoms with Crippen LogP contribution in [0.3, 0.4) is 0 Å². The molecule has 0 aliphatic carbocycles. The fourth-order valence-electron chi connectivity index (χ4n) is 2.47. The van der Waals surface area contributed by atoms with Crippen LogP contribution in [0.5, 0.6) is 0 Å². The second-order valence-corrected chi connectivity index (χ2v) is 4.97. The maximum atomic E-state index is 5.90. The quantitative estimate of drug-likeness (QED) is 0.853. The molecule has 1 N–H and O–H groups in total. The van der Waals surface area contributed by atoms with E-state index in [1.54, 1.807) is 0 Å². The van der Waals surface area contributed by atoms with E-state index in [4.69, 9.17) is 4.74 Å². The van der Waals surface area contributed by atoms with Crippen molar-refractivity contribution in [3.05, 3.63) is 18.2 Å². The topological polar surface area (TPSA) is 39.1 Å². The molecule has 1 saturated heterocycles. The molecule has 4 heteroatoms. The second-order valence-electron chi connectivity index (χ2n) is 4.97. The van der Waals surface area contributed by atoms with Crippen LogP contribution in [0.2, 0.25) is 0 Å². The lowest BCUT2D eigenvalue weighted by atomic mass is 9.99. The van der Waals surface area contributed by atoms with E-state index in [1.165, 1.54) is 5.69 Å². The van der Waals surface area contributed by atoms with Gasteiger partial charge in [-0.25, -0.2) is 4.98 Å². The molecule has 0 aromatic carbocycles. The third-order valence-corrected chi connectivity index (χ3v) is 3.41. The molecular weight excluding hydrogens is 214 g/mol. The highest BCUT2D eigenvalue weighted by Crippen LogP contribution is 2.34. The molecule has 0 saturated carbocycles. The van der Waals surface area contributed by atoms with Gasteiger partial charge in [0.15, 0.2) is 0 Å². The van der Waals surface area contributed by atoms with Crippen molar-refractivity contribution in [1.29, 1.82) is 0 Å². The Morgan fingerprint density at radius 1 is 1.59 bits per heavy atom. The summed E-state index contributed by atoms with van der Waals surface area (Å²) in [7, 11) is 0. The Kier molecular flexibility index (Phi) is 4.18. The summed E-state index contributed by atoms with van der Waals surface area (Å²) in [4.78, 5) is 4.27. The van der Waals surface area contributed by atoms with Crippen LogP contribution in [0.15, 0.2) is 12.5 Å². The Morgan fingerprint density at radius 3 is 3.12 bits per heavy atom. The van der Waals surface area contributed by atoms with E-state index < -0.39 is 0 Å². The minimum Gasteiger partial charge on any atom is -0.372 e. The predicted octanol–water partition coefficient (Wildman–Crippen LogP) is 2.15. The fourth-order valence-corrected chi connectivity index (χ4v) is 2.47. The molecule has 0 radical (unpaired) electrons. The normalized spacial score (nSPS) is 24.7. The van der Waals surface area contributed by atoms with Gasteiger partial charge in [-0.3, -0.25) is 0 Å². The summed E-state index contributed by atoms with van der Waals surface area (Å²) in [6.07, 6.45) is 5.21. The average Bonchev–Trinajstić information content (AvgIpc) is 2.94. The number of rotatable bonds is 5. The molecular formula is C13H23N3O. The van der Waals surface area contributed by atoms with Crippen molar-refractivity contribution in [3.8, 4) is 0 Å². The minimum absolute atomic E-state index is 0.207. The van der Waals surface area contributed by atoms with E-state index in [0.717, 1.165) is 26.1 Å². The summed E-state index contributed by atoms with van der Waals surface area (Å²) in [5.41, 5.74) is 1.22. The van der Waals surface area contributed by atoms with Crippen molar-refractivity contribution in [1.82, 2.24) is 14.9 Å². The van der Waals surface area contributed by atoms with E-state index >= 15 is 0 Å². The number of hydrogen-bond acceptors (Lipinski definition) is 3. The van der Waals surface area contributed by atoms with Gasteiger partial charge in [0, 0.05) is 25.1 Å². The molecule has 1 aromatic rings.